The van der Waals surface area contributed by atoms with Crippen LogP contribution in [-0.2, 0) is 13.8 Å². The van der Waals surface area contributed by atoms with Crippen LogP contribution in [0.15, 0.2) is 5.38 Å². The minimum Gasteiger partial charge on any atom is -0.756 e. The van der Waals surface area contributed by atoms with Gasteiger partial charge in [-0.2, -0.15) is 0 Å². The third-order valence-electron chi connectivity index (χ3n) is 2.78. The van der Waals surface area contributed by atoms with Gasteiger partial charge in [0, 0.05) is 5.38 Å². The zero-order valence-electron chi connectivity index (χ0n) is 11.4. The van der Waals surface area contributed by atoms with Gasteiger partial charge in [0.15, 0.2) is 0 Å². The van der Waals surface area contributed by atoms with Gasteiger partial charge in [-0.1, -0.05) is 0 Å². The van der Waals surface area contributed by atoms with Crippen molar-refractivity contribution in [2.24, 2.45) is 5.73 Å². The molecule has 0 aromatic carbocycles. The number of nitrogens with zero attached hydrogens (tertiary/aromatic N) is 1. The molecule has 0 bridgehead atoms. The number of primary amides is 1. The van der Waals surface area contributed by atoms with Crippen LogP contribution in [0.1, 0.15) is 21.6 Å². The van der Waals surface area contributed by atoms with E-state index in [1.807, 2.05) is 0 Å². The van der Waals surface area contributed by atoms with Crippen molar-refractivity contribution in [3.63, 3.8) is 0 Å². The molecule has 1 aliphatic heterocycles. The molecular formula is C9H12N2NaO8PS. The van der Waals surface area contributed by atoms with E-state index in [1.54, 1.807) is 0 Å². The first-order valence-electron chi connectivity index (χ1n) is 5.64. The average Bonchev–Trinajstić information content (AvgIpc) is 2.94. The van der Waals surface area contributed by atoms with Crippen molar-refractivity contribution in [2.45, 2.75) is 24.4 Å². The summed E-state index contributed by atoms with van der Waals surface area (Å²) in [6.07, 6.45) is -5.07. The fraction of sp³-hybridized carbons (Fsp3) is 0.556. The van der Waals surface area contributed by atoms with Crippen LogP contribution in [-0.4, -0.2) is 50.9 Å². The maximum absolute atomic E-state index is 11.0. The summed E-state index contributed by atoms with van der Waals surface area (Å²) in [5.41, 5.74) is 5.04. The number of hydrogen-bond acceptors (Lipinski definition) is 9. The number of thiazole rings is 1. The van der Waals surface area contributed by atoms with Crippen LogP contribution < -0.4 is 40.2 Å². The zero-order valence-corrected chi connectivity index (χ0v) is 15.1. The fourth-order valence-electron chi connectivity index (χ4n) is 1.79. The summed E-state index contributed by atoms with van der Waals surface area (Å²) in [5.74, 6) is -0.752. The van der Waals surface area contributed by atoms with Crippen molar-refractivity contribution in [1.29, 1.82) is 0 Å². The van der Waals surface area contributed by atoms with E-state index in [0.29, 0.717) is 0 Å². The average molecular weight is 362 g/mol. The number of carbonyl (C=O) groups excluding carboxylic acids is 1. The van der Waals surface area contributed by atoms with Crippen molar-refractivity contribution >= 4 is 25.1 Å². The molecule has 13 heteroatoms. The van der Waals surface area contributed by atoms with Gasteiger partial charge in [-0.25, -0.2) is 4.98 Å². The first-order chi connectivity index (χ1) is 9.69. The van der Waals surface area contributed by atoms with E-state index in [1.165, 1.54) is 5.38 Å². The number of nitrogens with two attached hydrogens (primary N) is 1. The molecule has 0 aliphatic carbocycles. The SMILES string of the molecule is NC(=O)c1csc([C@@H]2O[C@H](COP(=O)([O-])O)[C@@H](O)[C@H]2O)n1.[Na+]. The van der Waals surface area contributed by atoms with Crippen LogP contribution >= 0.6 is 19.2 Å². The number of aliphatic hydroxyl groups is 2. The van der Waals surface area contributed by atoms with Gasteiger partial charge in [0.25, 0.3) is 13.7 Å². The fourth-order valence-corrected chi connectivity index (χ4v) is 3.01. The summed E-state index contributed by atoms with van der Waals surface area (Å²) in [6.45, 7) is -0.667. The molecule has 0 radical (unpaired) electrons. The topological polar surface area (TPSA) is 175 Å². The van der Waals surface area contributed by atoms with E-state index < -0.39 is 44.8 Å². The summed E-state index contributed by atoms with van der Waals surface area (Å²) < 4.78 is 19.9. The monoisotopic (exact) mass is 362 g/mol. The number of hydrogen-bond donors (Lipinski definition) is 4. The van der Waals surface area contributed by atoms with Crippen molar-refractivity contribution in [3.05, 3.63) is 16.1 Å². The quantitative estimate of drug-likeness (QED) is 0.295. The van der Waals surface area contributed by atoms with Gasteiger partial charge < -0.3 is 35.0 Å². The number of aliphatic hydroxyl groups excluding tert-OH is 2. The van der Waals surface area contributed by atoms with Crippen LogP contribution in [0.5, 0.6) is 0 Å². The molecule has 5 atom stereocenters. The number of aromatic nitrogens is 1. The maximum atomic E-state index is 11.0. The van der Waals surface area contributed by atoms with Gasteiger partial charge in [-0.05, 0) is 0 Å². The van der Waals surface area contributed by atoms with Gasteiger partial charge in [-0.15, -0.1) is 11.3 Å². The van der Waals surface area contributed by atoms with E-state index in [-0.39, 0.29) is 40.3 Å². The smallest absolute Gasteiger partial charge is 0.756 e. The first kappa shape index (κ1) is 20.1. The van der Waals surface area contributed by atoms with Crippen molar-refractivity contribution in [3.8, 4) is 0 Å². The molecular weight excluding hydrogens is 350 g/mol. The molecule has 10 nitrogen and oxygen atoms in total. The minimum atomic E-state index is -4.96. The summed E-state index contributed by atoms with van der Waals surface area (Å²) in [4.78, 5) is 33.8. The van der Waals surface area contributed by atoms with Crippen LogP contribution in [0.3, 0.4) is 0 Å². The summed E-state index contributed by atoms with van der Waals surface area (Å²) >= 11 is 0.992. The van der Waals surface area contributed by atoms with E-state index in [0.717, 1.165) is 11.3 Å². The molecule has 2 rings (SSSR count). The van der Waals surface area contributed by atoms with Crippen LogP contribution in [0.25, 0.3) is 0 Å². The number of rotatable bonds is 5. The second kappa shape index (κ2) is 7.77. The number of amides is 1. The molecule has 118 valence electrons. The molecule has 1 amide bonds. The van der Waals surface area contributed by atoms with Crippen LogP contribution in [0.4, 0.5) is 0 Å². The predicted molar refractivity (Wildman–Crippen MR) is 66.0 cm³/mol. The summed E-state index contributed by atoms with van der Waals surface area (Å²) in [6, 6.07) is 0. The number of carbonyl (C=O) groups is 1. The van der Waals surface area contributed by atoms with Gasteiger partial charge >= 0.3 is 29.6 Å². The van der Waals surface area contributed by atoms with Crippen LogP contribution in [0.2, 0.25) is 0 Å². The number of ether oxygens (including phenoxy) is 1. The largest absolute Gasteiger partial charge is 1.00 e. The molecule has 1 aromatic heterocycles. The van der Waals surface area contributed by atoms with Crippen molar-refractivity contribution in [1.82, 2.24) is 4.98 Å². The third kappa shape index (κ3) is 4.79. The standard InChI is InChI=1S/C9H13N2O8PS.Na/c10-8(14)3-2-21-9(11-3)7-6(13)5(12)4(19-7)1-18-20(15,16)17;/h2,4-7,12-13H,1H2,(H2,10,14)(H2,15,16,17);/q;+1/p-1/t4-,5-,6-,7-;/m1./s1. The Bertz CT molecular complexity index is 580. The normalized spacial score (nSPS) is 30.5. The third-order valence-corrected chi connectivity index (χ3v) is 4.16. The Morgan fingerprint density at radius 1 is 1.55 bits per heavy atom. The molecule has 0 spiro atoms. The second-order valence-corrected chi connectivity index (χ2v) is 6.36. The molecule has 0 saturated carbocycles. The molecule has 5 N–H and O–H groups in total. The first-order valence-corrected chi connectivity index (χ1v) is 8.01. The molecule has 2 heterocycles. The predicted octanol–water partition coefficient (Wildman–Crippen LogP) is -5.11. The Labute approximate surface area is 150 Å². The molecule has 1 unspecified atom stereocenters. The number of phosphoric acid groups is 1. The Morgan fingerprint density at radius 3 is 2.68 bits per heavy atom. The Hall–Kier alpha value is 0.0900. The van der Waals surface area contributed by atoms with E-state index in [4.69, 9.17) is 15.4 Å². The molecule has 1 fully saturated rings. The van der Waals surface area contributed by atoms with Crippen molar-refractivity contribution < 1.29 is 68.2 Å². The second-order valence-electron chi connectivity index (χ2n) is 4.28. The van der Waals surface area contributed by atoms with Gasteiger partial charge in [0.05, 0.1) is 6.61 Å². The van der Waals surface area contributed by atoms with Crippen LogP contribution in [0, 0.1) is 0 Å². The Morgan fingerprint density at radius 2 is 2.18 bits per heavy atom. The van der Waals surface area contributed by atoms with E-state index in [9.17, 15) is 24.5 Å². The maximum Gasteiger partial charge on any atom is 1.00 e. The molecule has 1 aromatic rings. The summed E-state index contributed by atoms with van der Waals surface area (Å²) in [5, 5.41) is 21.2. The van der Waals surface area contributed by atoms with E-state index in [2.05, 4.69) is 9.51 Å². The van der Waals surface area contributed by atoms with Crippen molar-refractivity contribution in [2.75, 3.05) is 6.61 Å². The number of phosphoric ester groups is 1. The van der Waals surface area contributed by atoms with Gasteiger partial charge in [0.1, 0.15) is 35.1 Å². The molecule has 1 saturated heterocycles. The Balaban J connectivity index is 0.00000242. The molecule has 22 heavy (non-hydrogen) atoms. The zero-order chi connectivity index (χ0) is 15.8. The summed E-state index contributed by atoms with van der Waals surface area (Å²) in [7, 11) is -4.96. The van der Waals surface area contributed by atoms with E-state index >= 15 is 0 Å². The van der Waals surface area contributed by atoms with Gasteiger partial charge in [-0.3, -0.25) is 9.36 Å². The Kier molecular flexibility index (Phi) is 7.12. The molecule has 1 aliphatic rings. The minimum absolute atomic E-state index is 0. The van der Waals surface area contributed by atoms with Gasteiger partial charge in [0.2, 0.25) is 0 Å².